The summed E-state index contributed by atoms with van der Waals surface area (Å²) in [5.74, 6) is -0.237. The lowest BCUT2D eigenvalue weighted by Gasteiger charge is -2.35. The fourth-order valence-corrected chi connectivity index (χ4v) is 4.63. The highest BCUT2D eigenvalue weighted by Crippen LogP contribution is 2.24. The fraction of sp³-hybridized carbons (Fsp3) is 0.286. The van der Waals surface area contributed by atoms with E-state index < -0.39 is 0 Å². The zero-order chi connectivity index (χ0) is 25.8. The molecule has 190 valence electrons. The minimum atomic E-state index is -0.269. The molecule has 0 N–H and O–H groups in total. The Kier molecular flexibility index (Phi) is 7.14. The molecule has 37 heavy (non-hydrogen) atoms. The molecule has 9 nitrogen and oxygen atoms in total. The van der Waals surface area contributed by atoms with Crippen LogP contribution in [0.1, 0.15) is 27.1 Å². The fourth-order valence-electron chi connectivity index (χ4n) is 4.63. The molecule has 0 aromatic heterocycles. The average Bonchev–Trinajstić information content (AvgIpc) is 3.29. The summed E-state index contributed by atoms with van der Waals surface area (Å²) in [5, 5.41) is 4.57. The van der Waals surface area contributed by atoms with Gasteiger partial charge in [0, 0.05) is 64.4 Å². The van der Waals surface area contributed by atoms with Crippen molar-refractivity contribution in [3.63, 3.8) is 0 Å². The first-order valence-corrected chi connectivity index (χ1v) is 12.4. The number of nitrogens with zero attached hydrogens (tertiary/aromatic N) is 5. The summed E-state index contributed by atoms with van der Waals surface area (Å²) in [6.07, 6.45) is 4.26. The first-order valence-electron chi connectivity index (χ1n) is 12.4. The molecule has 3 heterocycles. The van der Waals surface area contributed by atoms with E-state index in [0.717, 1.165) is 6.42 Å². The van der Waals surface area contributed by atoms with Crippen molar-refractivity contribution < 1.29 is 14.3 Å². The van der Waals surface area contributed by atoms with Gasteiger partial charge in [-0.3, -0.25) is 14.4 Å². The van der Waals surface area contributed by atoms with Gasteiger partial charge in [0.25, 0.3) is 17.4 Å². The van der Waals surface area contributed by atoms with Gasteiger partial charge in [-0.2, -0.15) is 9.78 Å². The van der Waals surface area contributed by atoms with Crippen LogP contribution in [-0.2, 0) is 11.3 Å². The van der Waals surface area contributed by atoms with Crippen LogP contribution in [0.2, 0.25) is 0 Å². The normalized spacial score (nSPS) is 13.8. The summed E-state index contributed by atoms with van der Waals surface area (Å²) in [4.78, 5) is 43.4. The summed E-state index contributed by atoms with van der Waals surface area (Å²) in [5.41, 5.74) is 2.16. The van der Waals surface area contributed by atoms with Crippen molar-refractivity contribution in [2.45, 2.75) is 13.0 Å². The number of pyridine rings is 1. The first-order chi connectivity index (χ1) is 18.1. The Bertz CT molecular complexity index is 1410. The molecule has 2 aromatic rings. The predicted octanol–water partition coefficient (Wildman–Crippen LogP) is 2.77. The van der Waals surface area contributed by atoms with Crippen LogP contribution < -0.4 is 5.56 Å². The maximum atomic E-state index is 13.7. The van der Waals surface area contributed by atoms with Crippen molar-refractivity contribution >= 4 is 11.8 Å². The number of carbonyl (C=O) groups is 2. The standard InChI is InChI=1S/C28H29N5O4/c1-37-18-8-13-30-19-23(25-24(20-30)28(36)33(29-25)22-11-6-3-7-12-22)27(35)32-16-14-31(15-17-32)26(34)21-9-4-2-5-10-21/h2-7,9-12,19-20H,8,13-18H2,1H3. The van der Waals surface area contributed by atoms with E-state index >= 15 is 0 Å². The third-order valence-corrected chi connectivity index (χ3v) is 6.59. The number of carbonyl (C=O) groups excluding carboxylic acids is 2. The number of hydrogen-bond donors (Lipinski definition) is 0. The maximum absolute atomic E-state index is 13.7. The molecule has 0 bridgehead atoms. The SMILES string of the molecule is COCCCn1cc(C(=O)N2CCN(C(=O)c3ccccc3)CC2)c2nn(-c3ccccc3)c(=O)c-2c1. The van der Waals surface area contributed by atoms with Gasteiger partial charge in [-0.05, 0) is 30.7 Å². The van der Waals surface area contributed by atoms with E-state index in [2.05, 4.69) is 5.10 Å². The quantitative estimate of drug-likeness (QED) is 0.365. The van der Waals surface area contributed by atoms with Crippen LogP contribution in [0.5, 0.6) is 0 Å². The summed E-state index contributed by atoms with van der Waals surface area (Å²) in [7, 11) is 1.64. The highest BCUT2D eigenvalue weighted by molar-refractivity contribution is 6.00. The van der Waals surface area contributed by atoms with Crippen LogP contribution in [0.4, 0.5) is 0 Å². The number of methoxy groups -OCH3 is 1. The number of aromatic nitrogens is 3. The topological polar surface area (TPSA) is 89.7 Å². The third-order valence-electron chi connectivity index (χ3n) is 6.59. The van der Waals surface area contributed by atoms with Gasteiger partial charge in [0.15, 0.2) is 0 Å². The van der Waals surface area contributed by atoms with E-state index in [1.165, 1.54) is 4.68 Å². The predicted molar refractivity (Wildman–Crippen MR) is 139 cm³/mol. The van der Waals surface area contributed by atoms with Gasteiger partial charge in [-0.25, -0.2) is 0 Å². The van der Waals surface area contributed by atoms with Crippen molar-refractivity contribution in [3.05, 3.63) is 94.5 Å². The summed E-state index contributed by atoms with van der Waals surface area (Å²) < 4.78 is 8.38. The van der Waals surface area contributed by atoms with E-state index in [1.807, 2.05) is 53.1 Å². The minimum Gasteiger partial charge on any atom is -0.385 e. The van der Waals surface area contributed by atoms with Gasteiger partial charge < -0.3 is 19.1 Å². The Balaban J connectivity index is 1.43. The Labute approximate surface area is 214 Å². The first kappa shape index (κ1) is 24.5. The van der Waals surface area contributed by atoms with Gasteiger partial charge in [0.1, 0.15) is 5.69 Å². The smallest absolute Gasteiger partial charge is 0.282 e. The Hall–Kier alpha value is -4.24. The largest absolute Gasteiger partial charge is 0.385 e. The molecule has 1 fully saturated rings. The number of fused-ring (bicyclic) bond motifs is 1. The molecule has 3 aliphatic heterocycles. The zero-order valence-corrected chi connectivity index (χ0v) is 20.7. The van der Waals surface area contributed by atoms with Crippen molar-refractivity contribution in [1.29, 1.82) is 0 Å². The Morgan fingerprint density at radius 1 is 0.865 bits per heavy atom. The molecular weight excluding hydrogens is 470 g/mol. The number of rotatable bonds is 7. The van der Waals surface area contributed by atoms with Gasteiger partial charge in [-0.15, -0.1) is 0 Å². The molecular formula is C28H29N5O4. The molecule has 1 saturated heterocycles. The van der Waals surface area contributed by atoms with Crippen LogP contribution in [0.25, 0.3) is 16.9 Å². The number of benzene rings is 2. The van der Waals surface area contributed by atoms with E-state index in [-0.39, 0.29) is 17.4 Å². The summed E-state index contributed by atoms with van der Waals surface area (Å²) >= 11 is 0. The van der Waals surface area contributed by atoms with Crippen molar-refractivity contribution in [3.8, 4) is 16.9 Å². The Morgan fingerprint density at radius 3 is 2.14 bits per heavy atom. The maximum Gasteiger partial charge on any atom is 0.282 e. The van der Waals surface area contributed by atoms with Crippen LogP contribution in [0.3, 0.4) is 0 Å². The molecule has 0 unspecified atom stereocenters. The van der Waals surface area contributed by atoms with E-state index in [9.17, 15) is 14.4 Å². The molecule has 0 spiro atoms. The van der Waals surface area contributed by atoms with E-state index in [0.29, 0.717) is 67.4 Å². The number of piperazine rings is 1. The second-order valence-corrected chi connectivity index (χ2v) is 9.02. The lowest BCUT2D eigenvalue weighted by atomic mass is 10.1. The second-order valence-electron chi connectivity index (χ2n) is 9.02. The second kappa shape index (κ2) is 10.8. The molecule has 9 heteroatoms. The van der Waals surface area contributed by atoms with Crippen LogP contribution in [0, 0.1) is 0 Å². The average molecular weight is 500 g/mol. The van der Waals surface area contributed by atoms with Gasteiger partial charge >= 0.3 is 0 Å². The lowest BCUT2D eigenvalue weighted by molar-refractivity contribution is 0.0535. The number of ether oxygens (including phenoxy) is 1. The van der Waals surface area contributed by atoms with Gasteiger partial charge in [-0.1, -0.05) is 36.4 Å². The monoisotopic (exact) mass is 499 g/mol. The molecule has 3 aliphatic rings. The lowest BCUT2D eigenvalue weighted by Crippen LogP contribution is -2.50. The van der Waals surface area contributed by atoms with Crippen LogP contribution in [0.15, 0.2) is 77.9 Å². The third kappa shape index (κ3) is 5.03. The molecule has 0 atom stereocenters. The van der Waals surface area contributed by atoms with Crippen molar-refractivity contribution in [2.75, 3.05) is 39.9 Å². The Morgan fingerprint density at radius 2 is 1.49 bits per heavy atom. The molecule has 0 radical (unpaired) electrons. The summed E-state index contributed by atoms with van der Waals surface area (Å²) in [6, 6.07) is 18.3. The van der Waals surface area contributed by atoms with Crippen molar-refractivity contribution in [1.82, 2.24) is 24.1 Å². The number of amides is 2. The van der Waals surface area contributed by atoms with Crippen LogP contribution in [-0.4, -0.2) is 75.9 Å². The zero-order valence-electron chi connectivity index (χ0n) is 20.7. The molecule has 5 rings (SSSR count). The minimum absolute atomic E-state index is 0.0385. The highest BCUT2D eigenvalue weighted by atomic mass is 16.5. The summed E-state index contributed by atoms with van der Waals surface area (Å²) in [6.45, 7) is 2.85. The van der Waals surface area contributed by atoms with Gasteiger partial charge in [0.2, 0.25) is 0 Å². The molecule has 0 aliphatic carbocycles. The van der Waals surface area contributed by atoms with E-state index in [1.54, 1.807) is 41.4 Å². The van der Waals surface area contributed by atoms with Crippen molar-refractivity contribution in [2.24, 2.45) is 0 Å². The van der Waals surface area contributed by atoms with E-state index in [4.69, 9.17) is 4.74 Å². The highest BCUT2D eigenvalue weighted by Gasteiger charge is 2.30. The number of para-hydroxylation sites is 1. The number of hydrogen-bond acceptors (Lipinski definition) is 5. The molecule has 0 saturated carbocycles. The molecule has 2 amide bonds. The number of aryl methyl sites for hydroxylation is 1. The molecule has 2 aromatic carbocycles. The van der Waals surface area contributed by atoms with Gasteiger partial charge in [0.05, 0.1) is 16.8 Å². The van der Waals surface area contributed by atoms with Crippen LogP contribution >= 0.6 is 0 Å².